The molecule has 0 spiro atoms. The fourth-order valence-corrected chi connectivity index (χ4v) is 0.898. The molecule has 0 bridgehead atoms. The molecule has 0 aliphatic heterocycles. The molecule has 2 atom stereocenters. The molecular formula is C9H20N2O2. The van der Waals surface area contributed by atoms with Crippen molar-refractivity contribution in [3.8, 4) is 0 Å². The summed E-state index contributed by atoms with van der Waals surface area (Å²) in [6.07, 6.45) is 0.613. The van der Waals surface area contributed by atoms with Crippen LogP contribution >= 0.6 is 0 Å². The molecule has 4 N–H and O–H groups in total. The molecule has 0 aromatic heterocycles. The Morgan fingerprint density at radius 3 is 2.38 bits per heavy atom. The van der Waals surface area contributed by atoms with E-state index in [1.54, 1.807) is 0 Å². The summed E-state index contributed by atoms with van der Waals surface area (Å²) < 4.78 is 0. The average Bonchev–Trinajstić information content (AvgIpc) is 2.11. The van der Waals surface area contributed by atoms with Gasteiger partial charge in [-0.3, -0.25) is 4.79 Å². The molecule has 0 aliphatic rings. The van der Waals surface area contributed by atoms with E-state index in [4.69, 9.17) is 10.8 Å². The fourth-order valence-electron chi connectivity index (χ4n) is 0.898. The number of carbonyl (C=O) groups excluding carboxylic acids is 1. The number of hydrogen-bond acceptors (Lipinski definition) is 3. The van der Waals surface area contributed by atoms with E-state index < -0.39 is 6.04 Å². The first-order chi connectivity index (χ1) is 6.02. The van der Waals surface area contributed by atoms with Crippen LogP contribution in [0.25, 0.3) is 0 Å². The van der Waals surface area contributed by atoms with Gasteiger partial charge in [0.1, 0.15) is 0 Å². The maximum absolute atomic E-state index is 11.3. The molecular weight excluding hydrogens is 168 g/mol. The summed E-state index contributed by atoms with van der Waals surface area (Å²) in [5, 5.41) is 11.6. The van der Waals surface area contributed by atoms with Gasteiger partial charge < -0.3 is 16.2 Å². The lowest BCUT2D eigenvalue weighted by atomic mass is 10.0. The molecule has 13 heavy (non-hydrogen) atoms. The van der Waals surface area contributed by atoms with Gasteiger partial charge in [-0.25, -0.2) is 0 Å². The predicted octanol–water partition coefficient (Wildman–Crippen LogP) is -0.143. The molecule has 0 rings (SSSR count). The van der Waals surface area contributed by atoms with E-state index in [-0.39, 0.29) is 24.5 Å². The van der Waals surface area contributed by atoms with Crippen LogP contribution < -0.4 is 11.1 Å². The first-order valence-electron chi connectivity index (χ1n) is 4.69. The second-order valence-corrected chi connectivity index (χ2v) is 3.56. The van der Waals surface area contributed by atoms with Crippen LogP contribution in [0.2, 0.25) is 0 Å². The Morgan fingerprint density at radius 2 is 2.08 bits per heavy atom. The molecule has 1 amide bonds. The van der Waals surface area contributed by atoms with Crippen LogP contribution in [0, 0.1) is 5.92 Å². The van der Waals surface area contributed by atoms with Crippen molar-refractivity contribution in [2.45, 2.75) is 39.3 Å². The lowest BCUT2D eigenvalue weighted by molar-refractivity contribution is -0.123. The molecule has 0 aromatic rings. The first-order valence-corrected chi connectivity index (χ1v) is 4.69. The van der Waals surface area contributed by atoms with Crippen LogP contribution in [0.4, 0.5) is 0 Å². The quantitative estimate of drug-likeness (QED) is 0.562. The highest BCUT2D eigenvalue weighted by atomic mass is 16.3. The number of nitrogens with one attached hydrogen (secondary N) is 1. The minimum atomic E-state index is -0.465. The van der Waals surface area contributed by atoms with Crippen molar-refractivity contribution >= 4 is 5.91 Å². The minimum absolute atomic E-state index is 0.0418. The molecule has 0 fully saturated rings. The molecule has 0 saturated carbocycles. The second kappa shape index (κ2) is 5.94. The van der Waals surface area contributed by atoms with Crippen LogP contribution in [0.3, 0.4) is 0 Å². The molecule has 78 valence electrons. The smallest absolute Gasteiger partial charge is 0.237 e. The second-order valence-electron chi connectivity index (χ2n) is 3.56. The molecule has 1 unspecified atom stereocenters. The summed E-state index contributed by atoms with van der Waals surface area (Å²) in [6.45, 7) is 5.70. The van der Waals surface area contributed by atoms with Gasteiger partial charge in [-0.1, -0.05) is 20.8 Å². The standard InChI is InChI=1S/C9H20N2O2/c1-4-7(10)9(13)11-8(5-12)6(2)3/h6-8,12H,4-5,10H2,1-3H3,(H,11,13)/t7?,8-/m1/s1. The SMILES string of the molecule is CCC(N)C(=O)N[C@H](CO)C(C)C. The third kappa shape index (κ3) is 4.24. The van der Waals surface area contributed by atoms with Gasteiger partial charge >= 0.3 is 0 Å². The first kappa shape index (κ1) is 12.4. The summed E-state index contributed by atoms with van der Waals surface area (Å²) in [4.78, 5) is 11.3. The molecule has 4 heteroatoms. The Hall–Kier alpha value is -0.610. The van der Waals surface area contributed by atoms with E-state index in [9.17, 15) is 4.79 Å². The lowest BCUT2D eigenvalue weighted by Gasteiger charge is -2.21. The number of hydrogen-bond donors (Lipinski definition) is 3. The van der Waals surface area contributed by atoms with Crippen LogP contribution in [0.15, 0.2) is 0 Å². The van der Waals surface area contributed by atoms with Crippen molar-refractivity contribution in [1.82, 2.24) is 5.32 Å². The summed E-state index contributed by atoms with van der Waals surface area (Å²) in [5.41, 5.74) is 5.53. The summed E-state index contributed by atoms with van der Waals surface area (Å²) in [5.74, 6) is 0.0354. The van der Waals surface area contributed by atoms with Crippen LogP contribution in [-0.4, -0.2) is 29.7 Å². The van der Waals surface area contributed by atoms with Gasteiger partial charge in [0, 0.05) is 0 Å². The third-order valence-corrected chi connectivity index (χ3v) is 2.11. The number of aliphatic hydroxyl groups excluding tert-OH is 1. The Kier molecular flexibility index (Phi) is 5.66. The van der Waals surface area contributed by atoms with Gasteiger partial charge in [-0.15, -0.1) is 0 Å². The largest absolute Gasteiger partial charge is 0.394 e. The predicted molar refractivity (Wildman–Crippen MR) is 52.1 cm³/mol. The van der Waals surface area contributed by atoms with Crippen LogP contribution in [0.5, 0.6) is 0 Å². The maximum atomic E-state index is 11.3. The van der Waals surface area contributed by atoms with Gasteiger partial charge in [-0.2, -0.15) is 0 Å². The Balaban J connectivity index is 4.01. The van der Waals surface area contributed by atoms with Crippen molar-refractivity contribution in [2.24, 2.45) is 11.7 Å². The zero-order valence-corrected chi connectivity index (χ0v) is 8.58. The van der Waals surface area contributed by atoms with Gasteiger partial charge in [0.2, 0.25) is 5.91 Å². The number of rotatable bonds is 5. The van der Waals surface area contributed by atoms with Crippen molar-refractivity contribution in [3.63, 3.8) is 0 Å². The van der Waals surface area contributed by atoms with E-state index in [2.05, 4.69) is 5.32 Å². The highest BCUT2D eigenvalue weighted by Gasteiger charge is 2.18. The molecule has 0 radical (unpaired) electrons. The monoisotopic (exact) mass is 188 g/mol. The Labute approximate surface area is 79.5 Å². The average molecular weight is 188 g/mol. The highest BCUT2D eigenvalue weighted by Crippen LogP contribution is 2.00. The number of carbonyl (C=O) groups is 1. The van der Waals surface area contributed by atoms with Crippen LogP contribution in [-0.2, 0) is 4.79 Å². The zero-order valence-electron chi connectivity index (χ0n) is 8.58. The molecule has 0 saturated heterocycles. The van der Waals surface area contributed by atoms with Gasteiger partial charge in [0.15, 0.2) is 0 Å². The fraction of sp³-hybridized carbons (Fsp3) is 0.889. The molecule has 0 aromatic carbocycles. The zero-order chi connectivity index (χ0) is 10.4. The normalized spacial score (nSPS) is 15.5. The highest BCUT2D eigenvalue weighted by molar-refractivity contribution is 5.81. The maximum Gasteiger partial charge on any atom is 0.237 e. The van der Waals surface area contributed by atoms with Gasteiger partial charge in [0.05, 0.1) is 18.7 Å². The van der Waals surface area contributed by atoms with Crippen molar-refractivity contribution < 1.29 is 9.90 Å². The lowest BCUT2D eigenvalue weighted by Crippen LogP contribution is -2.48. The van der Waals surface area contributed by atoms with E-state index in [0.717, 1.165) is 0 Å². The van der Waals surface area contributed by atoms with E-state index in [1.807, 2.05) is 20.8 Å². The minimum Gasteiger partial charge on any atom is -0.394 e. The Morgan fingerprint density at radius 1 is 1.54 bits per heavy atom. The summed E-state index contributed by atoms with van der Waals surface area (Å²) in [7, 11) is 0. The van der Waals surface area contributed by atoms with Crippen LogP contribution in [0.1, 0.15) is 27.2 Å². The van der Waals surface area contributed by atoms with Crippen molar-refractivity contribution in [1.29, 1.82) is 0 Å². The van der Waals surface area contributed by atoms with E-state index >= 15 is 0 Å². The molecule has 4 nitrogen and oxygen atoms in total. The number of amides is 1. The summed E-state index contributed by atoms with van der Waals surface area (Å²) in [6, 6.07) is -0.655. The van der Waals surface area contributed by atoms with Gasteiger partial charge in [-0.05, 0) is 12.3 Å². The molecule has 0 heterocycles. The van der Waals surface area contributed by atoms with Crippen molar-refractivity contribution in [2.75, 3.05) is 6.61 Å². The Bertz CT molecular complexity index is 160. The van der Waals surface area contributed by atoms with E-state index in [1.165, 1.54) is 0 Å². The third-order valence-electron chi connectivity index (χ3n) is 2.11. The van der Waals surface area contributed by atoms with Crippen molar-refractivity contribution in [3.05, 3.63) is 0 Å². The number of aliphatic hydroxyl groups is 1. The summed E-state index contributed by atoms with van der Waals surface area (Å²) >= 11 is 0. The number of nitrogens with two attached hydrogens (primary N) is 1. The van der Waals surface area contributed by atoms with Gasteiger partial charge in [0.25, 0.3) is 0 Å². The molecule has 0 aliphatic carbocycles. The topological polar surface area (TPSA) is 75.4 Å². The van der Waals surface area contributed by atoms with E-state index in [0.29, 0.717) is 6.42 Å².